The highest BCUT2D eigenvalue weighted by Crippen LogP contribution is 2.22. The molecule has 0 N–H and O–H groups in total. The Bertz CT molecular complexity index is 847. The quantitative estimate of drug-likeness (QED) is 0.831. The molecule has 0 saturated carbocycles. The van der Waals surface area contributed by atoms with E-state index >= 15 is 0 Å². The van der Waals surface area contributed by atoms with Gasteiger partial charge < -0.3 is 9.64 Å². The van der Waals surface area contributed by atoms with Gasteiger partial charge in [0.25, 0.3) is 5.91 Å². The molecule has 6 heteroatoms. The molecule has 1 aliphatic rings. The van der Waals surface area contributed by atoms with Crippen LogP contribution in [0.15, 0.2) is 42.5 Å². The van der Waals surface area contributed by atoms with Crippen molar-refractivity contribution in [3.05, 3.63) is 48.0 Å². The van der Waals surface area contributed by atoms with Crippen LogP contribution in [-0.2, 0) is 14.6 Å². The molecule has 1 aliphatic heterocycles. The van der Waals surface area contributed by atoms with Gasteiger partial charge >= 0.3 is 0 Å². The maximum Gasteiger partial charge on any atom is 0.254 e. The fraction of sp³-hybridized carbons (Fsp3) is 0.389. The maximum absolute atomic E-state index is 13.0. The van der Waals surface area contributed by atoms with Crippen molar-refractivity contribution < 1.29 is 17.9 Å². The number of carbonyl (C=O) groups is 1. The van der Waals surface area contributed by atoms with E-state index in [1.165, 1.54) is 0 Å². The van der Waals surface area contributed by atoms with Crippen molar-refractivity contribution in [2.75, 3.05) is 31.8 Å². The zero-order valence-electron chi connectivity index (χ0n) is 13.6. The van der Waals surface area contributed by atoms with Gasteiger partial charge in [0.1, 0.15) is 0 Å². The minimum atomic E-state index is -3.05. The van der Waals surface area contributed by atoms with E-state index in [0.29, 0.717) is 25.1 Å². The molecule has 1 heterocycles. The van der Waals surface area contributed by atoms with Crippen LogP contribution in [0.25, 0.3) is 10.8 Å². The monoisotopic (exact) mass is 347 g/mol. The summed E-state index contributed by atoms with van der Waals surface area (Å²) >= 11 is 0. The van der Waals surface area contributed by atoms with Gasteiger partial charge in [-0.1, -0.05) is 30.3 Å². The van der Waals surface area contributed by atoms with Gasteiger partial charge in [-0.2, -0.15) is 0 Å². The minimum Gasteiger partial charge on any atom is -0.383 e. The highest BCUT2D eigenvalue weighted by Gasteiger charge is 2.34. The van der Waals surface area contributed by atoms with Crippen molar-refractivity contribution >= 4 is 26.5 Å². The van der Waals surface area contributed by atoms with Crippen LogP contribution in [0.5, 0.6) is 0 Å². The molecule has 0 bridgehead atoms. The first-order valence-corrected chi connectivity index (χ1v) is 9.81. The van der Waals surface area contributed by atoms with Crippen LogP contribution >= 0.6 is 0 Å². The second-order valence-electron chi connectivity index (χ2n) is 6.11. The first-order chi connectivity index (χ1) is 11.5. The molecular weight excluding hydrogens is 326 g/mol. The van der Waals surface area contributed by atoms with Crippen molar-refractivity contribution in [3.63, 3.8) is 0 Å². The lowest BCUT2D eigenvalue weighted by Gasteiger charge is -2.28. The van der Waals surface area contributed by atoms with Gasteiger partial charge in [0.2, 0.25) is 0 Å². The standard InChI is InChI=1S/C18H21NO4S/c1-23-10-9-19(17-8-11-24(21,22)13-17)18(20)16-7-6-14-4-2-3-5-15(14)12-16/h2-7,12,17H,8-11,13H2,1H3/t17-/m0/s1. The summed E-state index contributed by atoms with van der Waals surface area (Å²) in [6.45, 7) is 0.776. The van der Waals surface area contributed by atoms with Crippen molar-refractivity contribution in [2.45, 2.75) is 12.5 Å². The van der Waals surface area contributed by atoms with E-state index < -0.39 is 9.84 Å². The number of benzene rings is 2. The number of rotatable bonds is 5. The topological polar surface area (TPSA) is 63.7 Å². The molecule has 3 rings (SSSR count). The van der Waals surface area contributed by atoms with Crippen LogP contribution in [0, 0.1) is 0 Å². The van der Waals surface area contributed by atoms with E-state index in [2.05, 4.69) is 0 Å². The average molecular weight is 347 g/mol. The first kappa shape index (κ1) is 16.9. The Morgan fingerprint density at radius 1 is 1.21 bits per heavy atom. The van der Waals surface area contributed by atoms with Crippen LogP contribution in [0.2, 0.25) is 0 Å². The zero-order chi connectivity index (χ0) is 17.2. The Morgan fingerprint density at radius 3 is 2.62 bits per heavy atom. The zero-order valence-corrected chi connectivity index (χ0v) is 14.5. The lowest BCUT2D eigenvalue weighted by molar-refractivity contribution is 0.0624. The Labute approximate surface area is 142 Å². The summed E-state index contributed by atoms with van der Waals surface area (Å²) in [5, 5.41) is 2.06. The molecule has 1 atom stereocenters. The van der Waals surface area contributed by atoms with Crippen LogP contribution in [0.3, 0.4) is 0 Å². The molecule has 2 aromatic carbocycles. The molecule has 2 aromatic rings. The summed E-state index contributed by atoms with van der Waals surface area (Å²) < 4.78 is 28.7. The van der Waals surface area contributed by atoms with Gasteiger partial charge in [-0.3, -0.25) is 4.79 Å². The van der Waals surface area contributed by atoms with Crippen LogP contribution in [0.1, 0.15) is 16.8 Å². The lowest BCUT2D eigenvalue weighted by atomic mass is 10.1. The molecule has 0 spiro atoms. The van der Waals surface area contributed by atoms with Crippen LogP contribution < -0.4 is 0 Å². The summed E-state index contributed by atoms with van der Waals surface area (Å²) in [5.41, 5.74) is 0.578. The van der Waals surface area contributed by atoms with Crippen LogP contribution in [0.4, 0.5) is 0 Å². The fourth-order valence-corrected chi connectivity index (χ4v) is 4.88. The average Bonchev–Trinajstić information content (AvgIpc) is 2.94. The molecule has 0 aromatic heterocycles. The van der Waals surface area contributed by atoms with Crippen molar-refractivity contribution in [1.29, 1.82) is 0 Å². The molecule has 0 radical (unpaired) electrons. The number of fused-ring (bicyclic) bond motifs is 1. The van der Waals surface area contributed by atoms with Gasteiger partial charge in [-0.15, -0.1) is 0 Å². The smallest absolute Gasteiger partial charge is 0.254 e. The Hall–Kier alpha value is -1.92. The summed E-state index contributed by atoms with van der Waals surface area (Å²) in [6, 6.07) is 13.2. The Morgan fingerprint density at radius 2 is 1.96 bits per heavy atom. The van der Waals surface area contributed by atoms with E-state index in [9.17, 15) is 13.2 Å². The largest absolute Gasteiger partial charge is 0.383 e. The Kier molecular flexibility index (Phi) is 4.87. The van der Waals surface area contributed by atoms with Crippen LogP contribution in [-0.4, -0.2) is 57.0 Å². The highest BCUT2D eigenvalue weighted by atomic mass is 32.2. The maximum atomic E-state index is 13.0. The number of carbonyl (C=O) groups excluding carboxylic acids is 1. The fourth-order valence-electron chi connectivity index (χ4n) is 3.15. The summed E-state index contributed by atoms with van der Waals surface area (Å²) in [7, 11) is -1.48. The number of hydrogen-bond acceptors (Lipinski definition) is 4. The van der Waals surface area contributed by atoms with Crippen molar-refractivity contribution in [1.82, 2.24) is 4.90 Å². The highest BCUT2D eigenvalue weighted by molar-refractivity contribution is 7.91. The van der Waals surface area contributed by atoms with Gasteiger partial charge in [0.05, 0.1) is 18.1 Å². The number of sulfone groups is 1. The SMILES string of the molecule is COCCN(C(=O)c1ccc2ccccc2c1)[C@H]1CCS(=O)(=O)C1. The second kappa shape index (κ2) is 6.91. The molecule has 0 unspecified atom stereocenters. The molecule has 5 nitrogen and oxygen atoms in total. The number of ether oxygens (including phenoxy) is 1. The molecule has 1 amide bonds. The summed E-state index contributed by atoms with van der Waals surface area (Å²) in [6.07, 6.45) is 0.491. The number of hydrogen-bond donors (Lipinski definition) is 0. The van der Waals surface area contributed by atoms with E-state index in [4.69, 9.17) is 4.74 Å². The summed E-state index contributed by atoms with van der Waals surface area (Å²) in [5.74, 6) is 0.0437. The Balaban J connectivity index is 1.89. The van der Waals surface area contributed by atoms with Crippen molar-refractivity contribution in [3.8, 4) is 0 Å². The molecule has 1 saturated heterocycles. The van der Waals surface area contributed by atoms with Gasteiger partial charge in [-0.05, 0) is 29.3 Å². The third-order valence-electron chi connectivity index (χ3n) is 4.44. The normalized spacial score (nSPS) is 19.5. The van der Waals surface area contributed by atoms with E-state index in [1.807, 2.05) is 36.4 Å². The third-order valence-corrected chi connectivity index (χ3v) is 6.19. The number of methoxy groups -OCH3 is 1. The summed E-state index contributed by atoms with van der Waals surface area (Å²) in [4.78, 5) is 14.6. The van der Waals surface area contributed by atoms with Gasteiger partial charge in [0.15, 0.2) is 9.84 Å². The third kappa shape index (κ3) is 3.60. The number of amides is 1. The molecule has 1 fully saturated rings. The molecular formula is C18H21NO4S. The lowest BCUT2D eigenvalue weighted by Crippen LogP contribution is -2.43. The second-order valence-corrected chi connectivity index (χ2v) is 8.34. The molecule has 128 valence electrons. The van der Waals surface area contributed by atoms with E-state index in [-0.39, 0.29) is 23.5 Å². The van der Waals surface area contributed by atoms with Gasteiger partial charge in [0, 0.05) is 25.3 Å². The van der Waals surface area contributed by atoms with Crippen molar-refractivity contribution in [2.24, 2.45) is 0 Å². The predicted octanol–water partition coefficient (Wildman–Crippen LogP) is 2.12. The van der Waals surface area contributed by atoms with E-state index in [1.54, 1.807) is 18.1 Å². The predicted molar refractivity (Wildman–Crippen MR) is 93.9 cm³/mol. The minimum absolute atomic E-state index is 0.0377. The first-order valence-electron chi connectivity index (χ1n) is 7.99. The van der Waals surface area contributed by atoms with E-state index in [0.717, 1.165) is 10.8 Å². The number of nitrogens with zero attached hydrogens (tertiary/aromatic N) is 1. The molecule has 24 heavy (non-hydrogen) atoms. The van der Waals surface area contributed by atoms with Gasteiger partial charge in [-0.25, -0.2) is 8.42 Å². The molecule has 0 aliphatic carbocycles.